The van der Waals surface area contributed by atoms with Crippen LogP contribution in [0.3, 0.4) is 0 Å². The van der Waals surface area contributed by atoms with Crippen LogP contribution in [0.15, 0.2) is 15.9 Å². The summed E-state index contributed by atoms with van der Waals surface area (Å²) in [6.45, 7) is 1.96. The number of aromatic nitrogens is 4. The van der Waals surface area contributed by atoms with Gasteiger partial charge in [-0.25, -0.2) is 9.78 Å². The predicted octanol–water partition coefficient (Wildman–Crippen LogP) is -0.0355. The maximum Gasteiger partial charge on any atom is 0.332 e. The van der Waals surface area contributed by atoms with Gasteiger partial charge in [-0.1, -0.05) is 0 Å². The lowest BCUT2D eigenvalue weighted by Gasteiger charge is -2.12. The van der Waals surface area contributed by atoms with E-state index >= 15 is 0 Å². The Labute approximate surface area is 146 Å². The Morgan fingerprint density at radius 2 is 2.08 bits per heavy atom. The zero-order valence-electron chi connectivity index (χ0n) is 14.9. The van der Waals surface area contributed by atoms with Crippen LogP contribution in [0.5, 0.6) is 0 Å². The molecule has 8 nitrogen and oxygen atoms in total. The van der Waals surface area contributed by atoms with Crippen LogP contribution in [0.25, 0.3) is 11.2 Å². The molecule has 0 amide bonds. The molecule has 2 aromatic heterocycles. The third-order valence-electron chi connectivity index (χ3n) is 4.88. The van der Waals surface area contributed by atoms with Crippen molar-refractivity contribution in [3.63, 3.8) is 0 Å². The Morgan fingerprint density at radius 3 is 2.80 bits per heavy atom. The summed E-state index contributed by atoms with van der Waals surface area (Å²) in [5.74, 6) is 0.803. The first-order valence-corrected chi connectivity index (χ1v) is 8.98. The van der Waals surface area contributed by atoms with Gasteiger partial charge in [0.15, 0.2) is 11.2 Å². The molecule has 1 saturated carbocycles. The second-order valence-corrected chi connectivity index (χ2v) is 7.08. The van der Waals surface area contributed by atoms with Crippen LogP contribution in [0.2, 0.25) is 0 Å². The number of hydrogen-bond acceptors (Lipinski definition) is 5. The molecule has 1 atom stereocenters. The van der Waals surface area contributed by atoms with E-state index < -0.39 is 0 Å². The van der Waals surface area contributed by atoms with Crippen LogP contribution in [0.4, 0.5) is 0 Å². The highest BCUT2D eigenvalue weighted by molar-refractivity contribution is 5.69. The van der Waals surface area contributed by atoms with Crippen molar-refractivity contribution in [2.24, 2.45) is 20.0 Å². The van der Waals surface area contributed by atoms with E-state index in [4.69, 9.17) is 0 Å². The fourth-order valence-electron chi connectivity index (χ4n) is 3.12. The first kappa shape index (κ1) is 17.9. The van der Waals surface area contributed by atoms with E-state index in [1.165, 1.54) is 22.0 Å². The highest BCUT2D eigenvalue weighted by Gasteiger charge is 2.20. The monoisotopic (exact) mass is 349 g/mol. The maximum absolute atomic E-state index is 12.6. The Morgan fingerprint density at radius 1 is 1.32 bits per heavy atom. The smallest absolute Gasteiger partial charge is 0.332 e. The standard InChI is InChI=1S/C17H27N5O3/c1-20-11-19-15-14(20)16(24)22(17(25)21(15)2)8-4-3-5-13(23)10-18-9-12-6-7-12/h11-13,18,23H,3-10H2,1-2H3. The van der Waals surface area contributed by atoms with Gasteiger partial charge in [0.05, 0.1) is 12.4 Å². The van der Waals surface area contributed by atoms with Gasteiger partial charge >= 0.3 is 5.69 Å². The summed E-state index contributed by atoms with van der Waals surface area (Å²) in [6.07, 6.45) is 5.88. The Kier molecular flexibility index (Phi) is 5.39. The predicted molar refractivity (Wildman–Crippen MR) is 95.7 cm³/mol. The number of nitrogens with one attached hydrogen (secondary N) is 1. The second kappa shape index (κ2) is 7.53. The topological polar surface area (TPSA) is 94.1 Å². The van der Waals surface area contributed by atoms with Crippen molar-refractivity contribution >= 4 is 11.2 Å². The molecular weight excluding hydrogens is 322 g/mol. The molecule has 0 aliphatic heterocycles. The van der Waals surface area contributed by atoms with Crippen LogP contribution < -0.4 is 16.6 Å². The zero-order valence-corrected chi connectivity index (χ0v) is 14.9. The van der Waals surface area contributed by atoms with Crippen molar-refractivity contribution < 1.29 is 5.11 Å². The summed E-state index contributed by atoms with van der Waals surface area (Å²) in [6, 6.07) is 0. The summed E-state index contributed by atoms with van der Waals surface area (Å²) in [5.41, 5.74) is 0.199. The van der Waals surface area contributed by atoms with Crippen molar-refractivity contribution in [2.45, 2.75) is 44.8 Å². The Balaban J connectivity index is 1.55. The molecule has 1 fully saturated rings. The maximum atomic E-state index is 12.6. The van der Waals surface area contributed by atoms with Gasteiger partial charge in [0.2, 0.25) is 0 Å². The molecule has 2 N–H and O–H groups in total. The number of unbranched alkanes of at least 4 members (excludes halogenated alkanes) is 1. The molecule has 2 heterocycles. The van der Waals surface area contributed by atoms with E-state index in [2.05, 4.69) is 10.3 Å². The number of aliphatic hydroxyl groups is 1. The van der Waals surface area contributed by atoms with Crippen molar-refractivity contribution in [3.05, 3.63) is 27.2 Å². The molecule has 0 spiro atoms. The van der Waals surface area contributed by atoms with E-state index in [9.17, 15) is 14.7 Å². The van der Waals surface area contributed by atoms with Crippen LogP contribution in [-0.4, -0.2) is 43.0 Å². The SMILES string of the molecule is Cn1cnc2c1c(=O)n(CCCCC(O)CNCC1CC1)c(=O)n2C. The Bertz CT molecular complexity index is 846. The largest absolute Gasteiger partial charge is 0.392 e. The van der Waals surface area contributed by atoms with Gasteiger partial charge in [-0.05, 0) is 44.6 Å². The van der Waals surface area contributed by atoms with Gasteiger partial charge in [0, 0.05) is 27.2 Å². The minimum absolute atomic E-state index is 0.301. The average Bonchev–Trinajstić information content (AvgIpc) is 3.32. The quantitative estimate of drug-likeness (QED) is 0.620. The molecule has 0 saturated heterocycles. The molecule has 0 aromatic carbocycles. The van der Waals surface area contributed by atoms with E-state index in [0.717, 1.165) is 18.9 Å². The number of aliphatic hydroxyl groups excluding tert-OH is 1. The molecule has 0 bridgehead atoms. The fourth-order valence-corrected chi connectivity index (χ4v) is 3.12. The molecule has 25 heavy (non-hydrogen) atoms. The zero-order chi connectivity index (χ0) is 18.0. The van der Waals surface area contributed by atoms with Gasteiger partial charge in [0.1, 0.15) is 0 Å². The Hall–Kier alpha value is -1.93. The third-order valence-corrected chi connectivity index (χ3v) is 4.88. The van der Waals surface area contributed by atoms with Gasteiger partial charge in [-0.2, -0.15) is 0 Å². The lowest BCUT2D eigenvalue weighted by Crippen LogP contribution is -2.39. The van der Waals surface area contributed by atoms with Crippen molar-refractivity contribution in [1.82, 2.24) is 24.0 Å². The number of fused-ring (bicyclic) bond motifs is 1. The summed E-state index contributed by atoms with van der Waals surface area (Å²) in [5, 5.41) is 13.3. The van der Waals surface area contributed by atoms with E-state index in [1.54, 1.807) is 25.0 Å². The lowest BCUT2D eigenvalue weighted by atomic mass is 10.1. The lowest BCUT2D eigenvalue weighted by molar-refractivity contribution is 0.157. The average molecular weight is 349 g/mol. The van der Waals surface area contributed by atoms with Crippen molar-refractivity contribution in [3.8, 4) is 0 Å². The summed E-state index contributed by atoms with van der Waals surface area (Å²) < 4.78 is 4.32. The van der Waals surface area contributed by atoms with Crippen LogP contribution >= 0.6 is 0 Å². The molecule has 1 aliphatic rings. The summed E-state index contributed by atoms with van der Waals surface area (Å²) in [7, 11) is 3.37. The minimum atomic E-state index is -0.377. The van der Waals surface area contributed by atoms with Crippen molar-refractivity contribution in [1.29, 1.82) is 0 Å². The van der Waals surface area contributed by atoms with Gasteiger partial charge < -0.3 is 15.0 Å². The normalized spacial score (nSPS) is 15.8. The van der Waals surface area contributed by atoms with E-state index in [0.29, 0.717) is 37.1 Å². The highest BCUT2D eigenvalue weighted by atomic mass is 16.3. The highest BCUT2D eigenvalue weighted by Crippen LogP contribution is 2.27. The fraction of sp³-hybridized carbons (Fsp3) is 0.706. The summed E-state index contributed by atoms with van der Waals surface area (Å²) in [4.78, 5) is 29.0. The molecule has 2 aromatic rings. The molecule has 3 rings (SSSR count). The first-order valence-electron chi connectivity index (χ1n) is 8.98. The second-order valence-electron chi connectivity index (χ2n) is 7.08. The molecule has 0 radical (unpaired) electrons. The molecular formula is C17H27N5O3. The van der Waals surface area contributed by atoms with Crippen LogP contribution in [0.1, 0.15) is 32.1 Å². The number of nitrogens with zero attached hydrogens (tertiary/aromatic N) is 4. The molecule has 8 heteroatoms. The molecule has 1 aliphatic carbocycles. The first-order chi connectivity index (χ1) is 12.0. The summed E-state index contributed by atoms with van der Waals surface area (Å²) >= 11 is 0. The number of hydrogen-bond donors (Lipinski definition) is 2. The number of imidazole rings is 1. The number of rotatable bonds is 9. The minimum Gasteiger partial charge on any atom is -0.392 e. The molecule has 138 valence electrons. The van der Waals surface area contributed by atoms with Crippen LogP contribution in [-0.2, 0) is 20.6 Å². The molecule has 1 unspecified atom stereocenters. The van der Waals surface area contributed by atoms with Gasteiger partial charge in [-0.15, -0.1) is 0 Å². The van der Waals surface area contributed by atoms with E-state index in [1.807, 2.05) is 0 Å². The van der Waals surface area contributed by atoms with Crippen LogP contribution in [0, 0.1) is 5.92 Å². The van der Waals surface area contributed by atoms with E-state index in [-0.39, 0.29) is 17.4 Å². The van der Waals surface area contributed by atoms with Gasteiger partial charge in [0.25, 0.3) is 5.56 Å². The van der Waals surface area contributed by atoms with Crippen molar-refractivity contribution in [2.75, 3.05) is 13.1 Å². The third kappa shape index (κ3) is 4.01. The van der Waals surface area contributed by atoms with Gasteiger partial charge in [-0.3, -0.25) is 13.9 Å². The number of aryl methyl sites for hydroxylation is 2.